The summed E-state index contributed by atoms with van der Waals surface area (Å²) < 4.78 is 5.72. The number of fused-ring (bicyclic) bond motifs is 3. The van der Waals surface area contributed by atoms with Crippen molar-refractivity contribution in [2.24, 2.45) is 0 Å². The summed E-state index contributed by atoms with van der Waals surface area (Å²) in [5.41, 5.74) is 1.93. The van der Waals surface area contributed by atoms with Gasteiger partial charge in [-0.1, -0.05) is 36.4 Å². The standard InChI is InChI=1S/C15H9NO2/c17-14-10-6-2-1-5-9(10)13-15(14)18-12-8-4-3-7-11(12)16-13/h1-8,16H. The summed E-state index contributed by atoms with van der Waals surface area (Å²) in [6.07, 6.45) is 0. The van der Waals surface area contributed by atoms with E-state index in [0.717, 1.165) is 16.3 Å². The summed E-state index contributed by atoms with van der Waals surface area (Å²) in [7, 11) is 0. The van der Waals surface area contributed by atoms with Crippen LogP contribution in [0.3, 0.4) is 0 Å². The van der Waals surface area contributed by atoms with Gasteiger partial charge in [0, 0.05) is 10.8 Å². The highest BCUT2D eigenvalue weighted by Gasteiger charge is 2.09. The molecule has 0 aromatic heterocycles. The summed E-state index contributed by atoms with van der Waals surface area (Å²) in [4.78, 5) is 15.5. The van der Waals surface area contributed by atoms with Crippen LogP contribution in [-0.4, -0.2) is 4.98 Å². The number of rotatable bonds is 0. The molecule has 18 heavy (non-hydrogen) atoms. The van der Waals surface area contributed by atoms with E-state index in [4.69, 9.17) is 4.42 Å². The monoisotopic (exact) mass is 235 g/mol. The molecule has 3 heteroatoms. The Morgan fingerprint density at radius 3 is 2.50 bits per heavy atom. The Balaban J connectivity index is 2.41. The fourth-order valence-electron chi connectivity index (χ4n) is 2.38. The van der Waals surface area contributed by atoms with Crippen molar-refractivity contribution in [3.05, 3.63) is 69.5 Å². The van der Waals surface area contributed by atoms with Crippen LogP contribution in [-0.2, 0) is 0 Å². The molecule has 1 aliphatic carbocycles. The first-order valence-electron chi connectivity index (χ1n) is 5.77. The van der Waals surface area contributed by atoms with Crippen molar-refractivity contribution in [3.63, 3.8) is 0 Å². The van der Waals surface area contributed by atoms with Gasteiger partial charge in [-0.3, -0.25) is 4.79 Å². The fraction of sp³-hybridized carbons (Fsp3) is 0. The number of aromatic nitrogens is 1. The lowest BCUT2D eigenvalue weighted by Crippen LogP contribution is -1.96. The maximum absolute atomic E-state index is 12.2. The van der Waals surface area contributed by atoms with Gasteiger partial charge in [0.25, 0.3) is 0 Å². The molecule has 1 aliphatic heterocycles. The lowest BCUT2D eigenvalue weighted by atomic mass is 10.2. The molecule has 0 bridgehead atoms. The van der Waals surface area contributed by atoms with Crippen molar-refractivity contribution >= 4 is 21.9 Å². The molecule has 4 rings (SSSR count). The van der Waals surface area contributed by atoms with Crippen LogP contribution in [0.2, 0.25) is 0 Å². The average molecular weight is 235 g/mol. The summed E-state index contributed by atoms with van der Waals surface area (Å²) in [5, 5.41) is 2.38. The highest BCUT2D eigenvalue weighted by Crippen LogP contribution is 2.17. The van der Waals surface area contributed by atoms with Crippen LogP contribution in [0.4, 0.5) is 0 Å². The van der Waals surface area contributed by atoms with E-state index < -0.39 is 0 Å². The lowest BCUT2D eigenvalue weighted by molar-refractivity contribution is 0.560. The zero-order valence-corrected chi connectivity index (χ0v) is 9.44. The molecule has 0 saturated carbocycles. The number of H-pyrrole nitrogens is 1. The zero-order chi connectivity index (χ0) is 12.1. The Bertz CT molecular complexity index is 994. The van der Waals surface area contributed by atoms with Crippen LogP contribution < -0.4 is 5.43 Å². The van der Waals surface area contributed by atoms with Gasteiger partial charge in [0.2, 0.25) is 5.43 Å². The maximum Gasteiger partial charge on any atom is 0.231 e. The van der Waals surface area contributed by atoms with Crippen molar-refractivity contribution in [1.82, 2.24) is 4.98 Å². The summed E-state index contributed by atoms with van der Waals surface area (Å²) >= 11 is 0. The molecule has 0 fully saturated rings. The number of nitrogens with one attached hydrogen (secondary N) is 1. The third kappa shape index (κ3) is 1.10. The molecule has 3 nitrogen and oxygen atoms in total. The van der Waals surface area contributed by atoms with E-state index in [1.54, 1.807) is 0 Å². The predicted molar refractivity (Wildman–Crippen MR) is 69.6 cm³/mol. The van der Waals surface area contributed by atoms with Crippen LogP contribution in [0, 0.1) is 10.8 Å². The molecule has 0 atom stereocenters. The number of para-hydroxylation sites is 2. The molecular weight excluding hydrogens is 226 g/mol. The van der Waals surface area contributed by atoms with Gasteiger partial charge in [-0.2, -0.15) is 0 Å². The summed E-state index contributed by atoms with van der Waals surface area (Å²) in [6.45, 7) is 0. The number of benzene rings is 2. The zero-order valence-electron chi connectivity index (χ0n) is 9.44. The third-order valence-corrected chi connectivity index (χ3v) is 3.23. The quantitative estimate of drug-likeness (QED) is 0.509. The molecule has 2 aromatic rings. The smallest absolute Gasteiger partial charge is 0.231 e. The normalized spacial score (nSPS) is 11.6. The van der Waals surface area contributed by atoms with Gasteiger partial charge in [-0.25, -0.2) is 0 Å². The largest absolute Gasteiger partial charge is 0.449 e. The first kappa shape index (κ1) is 9.48. The molecule has 0 spiro atoms. The van der Waals surface area contributed by atoms with Crippen LogP contribution in [0.1, 0.15) is 0 Å². The first-order chi connectivity index (χ1) is 8.84. The second-order valence-electron chi connectivity index (χ2n) is 4.30. The topological polar surface area (TPSA) is 46.0 Å². The van der Waals surface area contributed by atoms with Gasteiger partial charge in [-0.05, 0) is 12.1 Å². The molecule has 0 saturated heterocycles. The third-order valence-electron chi connectivity index (χ3n) is 3.23. The molecule has 2 aromatic carbocycles. The Hall–Kier alpha value is -2.55. The molecule has 1 N–H and O–H groups in total. The Morgan fingerprint density at radius 2 is 1.61 bits per heavy atom. The molecule has 86 valence electrons. The van der Waals surface area contributed by atoms with Crippen molar-refractivity contribution < 1.29 is 4.42 Å². The SMILES string of the molecule is O=c1c2oc3ccccc3[nH]c=2c2ccccc12. The van der Waals surface area contributed by atoms with Crippen molar-refractivity contribution in [2.45, 2.75) is 0 Å². The number of hydrogen-bond donors (Lipinski definition) is 1. The van der Waals surface area contributed by atoms with Gasteiger partial charge in [0.05, 0.1) is 10.9 Å². The molecule has 2 aliphatic rings. The minimum atomic E-state index is -0.0531. The molecule has 0 unspecified atom stereocenters. The first-order valence-corrected chi connectivity index (χ1v) is 5.77. The van der Waals surface area contributed by atoms with E-state index in [0.29, 0.717) is 16.4 Å². The number of hydrogen-bond acceptors (Lipinski definition) is 2. The van der Waals surface area contributed by atoms with Gasteiger partial charge in [0.1, 0.15) is 0 Å². The summed E-state index contributed by atoms with van der Waals surface area (Å²) in [6, 6.07) is 15.1. The Morgan fingerprint density at radius 1 is 0.889 bits per heavy atom. The van der Waals surface area contributed by atoms with E-state index in [-0.39, 0.29) is 5.43 Å². The minimum absolute atomic E-state index is 0.0531. The van der Waals surface area contributed by atoms with Crippen LogP contribution in [0.25, 0.3) is 21.9 Å². The predicted octanol–water partition coefficient (Wildman–Crippen LogP) is 3.00. The molecule has 0 radical (unpaired) electrons. The molecule has 1 heterocycles. The van der Waals surface area contributed by atoms with E-state index in [2.05, 4.69) is 4.98 Å². The molecular formula is C15H9NO2. The second kappa shape index (κ2) is 3.23. The summed E-state index contributed by atoms with van der Waals surface area (Å²) in [5.74, 6) is 0. The minimum Gasteiger partial charge on any atom is -0.449 e. The lowest BCUT2D eigenvalue weighted by Gasteiger charge is -1.96. The van der Waals surface area contributed by atoms with Gasteiger partial charge in [-0.15, -0.1) is 0 Å². The van der Waals surface area contributed by atoms with Gasteiger partial charge < -0.3 is 9.40 Å². The number of aromatic amines is 1. The van der Waals surface area contributed by atoms with Crippen LogP contribution >= 0.6 is 0 Å². The van der Waals surface area contributed by atoms with Gasteiger partial charge in [0.15, 0.2) is 11.0 Å². The van der Waals surface area contributed by atoms with E-state index in [9.17, 15) is 4.79 Å². The van der Waals surface area contributed by atoms with E-state index in [1.807, 2.05) is 48.5 Å². The molecule has 0 amide bonds. The average Bonchev–Trinajstić information content (AvgIpc) is 2.71. The van der Waals surface area contributed by atoms with Crippen molar-refractivity contribution in [1.29, 1.82) is 0 Å². The van der Waals surface area contributed by atoms with Gasteiger partial charge >= 0.3 is 0 Å². The highest BCUT2D eigenvalue weighted by molar-refractivity contribution is 5.84. The van der Waals surface area contributed by atoms with Crippen LogP contribution in [0.15, 0.2) is 57.7 Å². The fourth-order valence-corrected chi connectivity index (χ4v) is 2.38. The highest BCUT2D eigenvalue weighted by atomic mass is 16.3. The second-order valence-corrected chi connectivity index (χ2v) is 4.30. The van der Waals surface area contributed by atoms with Crippen LogP contribution in [0.5, 0.6) is 0 Å². The Kier molecular flexibility index (Phi) is 1.70. The Labute approximate surface area is 101 Å². The maximum atomic E-state index is 12.2. The van der Waals surface area contributed by atoms with E-state index in [1.165, 1.54) is 0 Å². The van der Waals surface area contributed by atoms with Crippen molar-refractivity contribution in [3.8, 4) is 0 Å². The van der Waals surface area contributed by atoms with Crippen molar-refractivity contribution in [2.75, 3.05) is 0 Å². The van der Waals surface area contributed by atoms with E-state index >= 15 is 0 Å².